The van der Waals surface area contributed by atoms with E-state index in [-0.39, 0.29) is 23.7 Å². The first-order chi connectivity index (χ1) is 10.0. The van der Waals surface area contributed by atoms with Gasteiger partial charge in [-0.1, -0.05) is 25.0 Å². The molecule has 0 unspecified atom stereocenters. The molecule has 0 saturated heterocycles. The van der Waals surface area contributed by atoms with Gasteiger partial charge in [0.15, 0.2) is 0 Å². The molecule has 112 valence electrons. The summed E-state index contributed by atoms with van der Waals surface area (Å²) < 4.78 is 0. The largest absolute Gasteiger partial charge is 0.478 e. The van der Waals surface area contributed by atoms with Crippen LogP contribution in [0.3, 0.4) is 0 Å². The third-order valence-corrected chi connectivity index (χ3v) is 3.74. The normalized spacial score (nSPS) is 14.9. The van der Waals surface area contributed by atoms with Crippen LogP contribution in [0.5, 0.6) is 0 Å². The molecule has 1 aromatic rings. The van der Waals surface area contributed by atoms with E-state index in [1.165, 1.54) is 17.0 Å². The molecule has 6 heteroatoms. The second-order valence-electron chi connectivity index (χ2n) is 5.19. The number of carbonyl (C=O) groups excluding carboxylic acids is 2. The van der Waals surface area contributed by atoms with E-state index < -0.39 is 17.8 Å². The van der Waals surface area contributed by atoms with Crippen molar-refractivity contribution in [3.05, 3.63) is 35.4 Å². The van der Waals surface area contributed by atoms with Gasteiger partial charge in [-0.2, -0.15) is 0 Å². The minimum Gasteiger partial charge on any atom is -0.478 e. The highest BCUT2D eigenvalue weighted by Crippen LogP contribution is 2.25. The number of aromatic carboxylic acids is 1. The zero-order chi connectivity index (χ0) is 15.4. The number of carbonyl (C=O) groups is 3. The molecule has 0 aliphatic heterocycles. The monoisotopic (exact) mass is 290 g/mol. The van der Waals surface area contributed by atoms with Crippen molar-refractivity contribution in [3.63, 3.8) is 0 Å². The number of carboxylic acids is 1. The van der Waals surface area contributed by atoms with Gasteiger partial charge >= 0.3 is 5.97 Å². The van der Waals surface area contributed by atoms with E-state index in [0.29, 0.717) is 0 Å². The van der Waals surface area contributed by atoms with Gasteiger partial charge in [-0.25, -0.2) is 4.79 Å². The van der Waals surface area contributed by atoms with Crippen LogP contribution < -0.4 is 5.73 Å². The summed E-state index contributed by atoms with van der Waals surface area (Å²) in [7, 11) is 0. The van der Waals surface area contributed by atoms with Crippen molar-refractivity contribution in [2.45, 2.75) is 31.7 Å². The Hall–Kier alpha value is -2.37. The van der Waals surface area contributed by atoms with Crippen molar-refractivity contribution >= 4 is 17.8 Å². The number of rotatable bonds is 5. The number of primary amides is 1. The van der Waals surface area contributed by atoms with E-state index in [1.54, 1.807) is 12.1 Å². The predicted octanol–water partition coefficient (Wildman–Crippen LogP) is 1.25. The van der Waals surface area contributed by atoms with Gasteiger partial charge in [0.25, 0.3) is 5.91 Å². The number of hydrogen-bond acceptors (Lipinski definition) is 3. The van der Waals surface area contributed by atoms with Crippen LogP contribution in [0, 0.1) is 0 Å². The first kappa shape index (κ1) is 15.0. The first-order valence-corrected chi connectivity index (χ1v) is 6.92. The van der Waals surface area contributed by atoms with Gasteiger partial charge in [0.05, 0.1) is 17.7 Å². The van der Waals surface area contributed by atoms with Crippen LogP contribution >= 0.6 is 0 Å². The van der Waals surface area contributed by atoms with Crippen molar-refractivity contribution in [1.29, 1.82) is 0 Å². The molecule has 2 amide bonds. The fraction of sp³-hybridized carbons (Fsp3) is 0.400. The first-order valence-electron chi connectivity index (χ1n) is 6.92. The van der Waals surface area contributed by atoms with E-state index >= 15 is 0 Å². The maximum atomic E-state index is 12.6. The third kappa shape index (κ3) is 3.39. The van der Waals surface area contributed by atoms with Crippen LogP contribution in [-0.2, 0) is 4.79 Å². The third-order valence-electron chi connectivity index (χ3n) is 3.74. The quantitative estimate of drug-likeness (QED) is 0.852. The molecule has 6 nitrogen and oxygen atoms in total. The standard InChI is InChI=1S/C15H18N2O4/c16-13(18)9-17(10-5-1-2-6-10)14(19)11-7-3-4-8-12(11)15(20)21/h3-4,7-8,10H,1-2,5-6,9H2,(H2,16,18)(H,20,21). The van der Waals surface area contributed by atoms with E-state index in [0.717, 1.165) is 25.7 Å². The van der Waals surface area contributed by atoms with Crippen LogP contribution in [0.15, 0.2) is 24.3 Å². The summed E-state index contributed by atoms with van der Waals surface area (Å²) in [4.78, 5) is 36.5. The Balaban J connectivity index is 2.33. The summed E-state index contributed by atoms with van der Waals surface area (Å²) in [5, 5.41) is 9.18. The second-order valence-corrected chi connectivity index (χ2v) is 5.19. The lowest BCUT2D eigenvalue weighted by Crippen LogP contribution is -2.44. The smallest absolute Gasteiger partial charge is 0.336 e. The molecular formula is C15H18N2O4. The fourth-order valence-electron chi connectivity index (χ4n) is 2.76. The number of benzene rings is 1. The molecule has 2 rings (SSSR count). The lowest BCUT2D eigenvalue weighted by atomic mass is 10.0. The van der Waals surface area contributed by atoms with Crippen molar-refractivity contribution in [2.75, 3.05) is 6.54 Å². The second kappa shape index (κ2) is 6.39. The molecule has 1 aliphatic rings. The fourth-order valence-corrected chi connectivity index (χ4v) is 2.76. The van der Waals surface area contributed by atoms with Crippen molar-refractivity contribution in [3.8, 4) is 0 Å². The zero-order valence-corrected chi connectivity index (χ0v) is 11.6. The predicted molar refractivity (Wildman–Crippen MR) is 75.9 cm³/mol. The Morgan fingerprint density at radius 1 is 1.14 bits per heavy atom. The van der Waals surface area contributed by atoms with Crippen LogP contribution in [0.4, 0.5) is 0 Å². The topological polar surface area (TPSA) is 101 Å². The lowest BCUT2D eigenvalue weighted by molar-refractivity contribution is -0.119. The Bertz CT molecular complexity index is 565. The van der Waals surface area contributed by atoms with Crippen LogP contribution in [0.25, 0.3) is 0 Å². The minimum atomic E-state index is -1.16. The minimum absolute atomic E-state index is 0.0492. The van der Waals surface area contributed by atoms with Gasteiger partial charge in [-0.15, -0.1) is 0 Å². The highest BCUT2D eigenvalue weighted by Gasteiger charge is 2.30. The molecule has 0 atom stereocenters. The molecule has 1 fully saturated rings. The van der Waals surface area contributed by atoms with Crippen LogP contribution in [0.2, 0.25) is 0 Å². The van der Waals surface area contributed by atoms with Gasteiger partial charge < -0.3 is 15.7 Å². The molecule has 21 heavy (non-hydrogen) atoms. The van der Waals surface area contributed by atoms with Crippen molar-refractivity contribution < 1.29 is 19.5 Å². The Morgan fingerprint density at radius 2 is 1.71 bits per heavy atom. The highest BCUT2D eigenvalue weighted by atomic mass is 16.4. The van der Waals surface area contributed by atoms with Crippen molar-refractivity contribution in [1.82, 2.24) is 4.90 Å². The van der Waals surface area contributed by atoms with Crippen LogP contribution in [0.1, 0.15) is 46.4 Å². The molecule has 0 radical (unpaired) electrons. The van der Waals surface area contributed by atoms with Crippen LogP contribution in [-0.4, -0.2) is 40.4 Å². The molecule has 0 spiro atoms. The molecule has 0 bridgehead atoms. The molecular weight excluding hydrogens is 272 g/mol. The summed E-state index contributed by atoms with van der Waals surface area (Å²) >= 11 is 0. The summed E-state index contributed by atoms with van der Waals surface area (Å²) in [5.41, 5.74) is 5.26. The molecule has 0 aromatic heterocycles. The summed E-state index contributed by atoms with van der Waals surface area (Å²) in [6.07, 6.45) is 3.62. The average molecular weight is 290 g/mol. The number of nitrogens with two attached hydrogens (primary N) is 1. The summed E-state index contributed by atoms with van der Waals surface area (Å²) in [6.45, 7) is -0.183. The Labute approximate surface area is 122 Å². The maximum absolute atomic E-state index is 12.6. The molecule has 1 aliphatic carbocycles. The zero-order valence-electron chi connectivity index (χ0n) is 11.6. The average Bonchev–Trinajstić information content (AvgIpc) is 2.97. The molecule has 3 N–H and O–H groups in total. The SMILES string of the molecule is NC(=O)CN(C(=O)c1ccccc1C(=O)O)C1CCCC1. The number of nitrogens with zero attached hydrogens (tertiary/aromatic N) is 1. The molecule has 1 saturated carbocycles. The van der Waals surface area contributed by atoms with Gasteiger partial charge in [0, 0.05) is 6.04 Å². The highest BCUT2D eigenvalue weighted by molar-refractivity contribution is 6.05. The number of amides is 2. The van der Waals surface area contributed by atoms with Gasteiger partial charge in [-0.05, 0) is 25.0 Å². The van der Waals surface area contributed by atoms with E-state index in [2.05, 4.69) is 0 Å². The Morgan fingerprint density at radius 3 is 2.24 bits per heavy atom. The van der Waals surface area contributed by atoms with Crippen molar-refractivity contribution in [2.24, 2.45) is 5.73 Å². The van der Waals surface area contributed by atoms with E-state index in [9.17, 15) is 19.5 Å². The number of hydrogen-bond donors (Lipinski definition) is 2. The van der Waals surface area contributed by atoms with E-state index in [1.807, 2.05) is 0 Å². The van der Waals surface area contributed by atoms with E-state index in [4.69, 9.17) is 5.73 Å². The Kier molecular flexibility index (Phi) is 4.57. The number of carboxylic acid groups (broad SMARTS) is 1. The van der Waals surface area contributed by atoms with Gasteiger partial charge in [-0.3, -0.25) is 9.59 Å². The van der Waals surface area contributed by atoms with Gasteiger partial charge in [0.1, 0.15) is 0 Å². The summed E-state index contributed by atoms with van der Waals surface area (Å²) in [5.74, 6) is -2.20. The van der Waals surface area contributed by atoms with Gasteiger partial charge in [0.2, 0.25) is 5.91 Å². The maximum Gasteiger partial charge on any atom is 0.336 e. The lowest BCUT2D eigenvalue weighted by Gasteiger charge is -2.28. The molecule has 1 aromatic carbocycles. The summed E-state index contributed by atoms with van der Waals surface area (Å²) in [6, 6.07) is 5.97. The molecule has 0 heterocycles.